The van der Waals surface area contributed by atoms with Gasteiger partial charge in [0, 0.05) is 54.3 Å². The number of carbonyl (C=O) groups is 1. The van der Waals surface area contributed by atoms with Gasteiger partial charge in [0.05, 0.1) is 22.8 Å². The molecule has 0 unspecified atom stereocenters. The summed E-state index contributed by atoms with van der Waals surface area (Å²) < 4.78 is 14.4. The Morgan fingerprint density at radius 1 is 0.954 bits per heavy atom. The first-order valence-electron chi connectivity index (χ1n) is 22.8. The topological polar surface area (TPSA) is 162 Å². The summed E-state index contributed by atoms with van der Waals surface area (Å²) in [5.41, 5.74) is 6.47. The molecule has 7 rings (SSSR count). The molecule has 13 heteroatoms. The van der Waals surface area contributed by atoms with Crippen molar-refractivity contribution in [3.63, 3.8) is 0 Å². The molecular weight excluding hydrogens is 835 g/mol. The smallest absolute Gasteiger partial charge is 0.419 e. The van der Waals surface area contributed by atoms with Crippen LogP contribution in [0.15, 0.2) is 111 Å². The van der Waals surface area contributed by atoms with E-state index in [1.165, 1.54) is 6.07 Å². The number of nitrogens with zero attached hydrogens (tertiary/aromatic N) is 2. The SMILES string of the molecule is CC(C)(C)N[C@H]1CC[C@H](N(C(=O)O)c2cc(C=CCCn3c(=O)oc4cc(CNC[C@H](O[Si](C)(C)C(C)(C)C)c5ccc(O)c6[nH]c(=O)ccc56)ccc43)ccc2-c2ccccc2)CC1. The van der Waals surface area contributed by atoms with E-state index in [4.69, 9.17) is 8.84 Å². The van der Waals surface area contributed by atoms with Gasteiger partial charge in [-0.05, 0) is 124 Å². The molecule has 344 valence electrons. The lowest BCUT2D eigenvalue weighted by Crippen LogP contribution is -2.49. The molecule has 4 aromatic carbocycles. The summed E-state index contributed by atoms with van der Waals surface area (Å²) in [4.78, 5) is 42.7. The minimum atomic E-state index is -2.26. The number of aryl methyl sites for hydroxylation is 1. The fourth-order valence-corrected chi connectivity index (χ4v) is 10.0. The molecule has 1 saturated carbocycles. The van der Waals surface area contributed by atoms with Crippen LogP contribution in [0.3, 0.4) is 0 Å². The molecular formula is C52H65N5O7Si. The highest BCUT2D eigenvalue weighted by molar-refractivity contribution is 6.74. The monoisotopic (exact) mass is 899 g/mol. The number of aromatic amines is 1. The van der Waals surface area contributed by atoms with E-state index in [-0.39, 0.29) is 34.0 Å². The third-order valence-electron chi connectivity index (χ3n) is 13.0. The van der Waals surface area contributed by atoms with E-state index >= 15 is 0 Å². The van der Waals surface area contributed by atoms with Gasteiger partial charge in [0.25, 0.3) is 0 Å². The van der Waals surface area contributed by atoms with Crippen molar-refractivity contribution in [1.82, 2.24) is 20.2 Å². The maximum absolute atomic E-state index is 13.2. The molecule has 2 heterocycles. The maximum atomic E-state index is 13.2. The van der Waals surface area contributed by atoms with Gasteiger partial charge in [0.2, 0.25) is 5.56 Å². The third-order valence-corrected chi connectivity index (χ3v) is 17.5. The largest absolute Gasteiger partial charge is 0.506 e. The Bertz CT molecular complexity index is 2770. The second-order valence-corrected chi connectivity index (χ2v) is 24.7. The van der Waals surface area contributed by atoms with Gasteiger partial charge < -0.3 is 34.7 Å². The van der Waals surface area contributed by atoms with Crippen molar-refractivity contribution in [2.24, 2.45) is 0 Å². The van der Waals surface area contributed by atoms with Crippen LogP contribution in [-0.4, -0.2) is 58.3 Å². The zero-order chi connectivity index (χ0) is 46.7. The summed E-state index contributed by atoms with van der Waals surface area (Å²) in [6.45, 7) is 18.8. The number of hydrogen-bond acceptors (Lipinski definition) is 8. The third kappa shape index (κ3) is 11.2. The van der Waals surface area contributed by atoms with Gasteiger partial charge in [0.1, 0.15) is 5.75 Å². The predicted octanol–water partition coefficient (Wildman–Crippen LogP) is 10.9. The second-order valence-electron chi connectivity index (χ2n) is 20.0. The van der Waals surface area contributed by atoms with Gasteiger partial charge in [-0.25, -0.2) is 9.59 Å². The first-order valence-corrected chi connectivity index (χ1v) is 25.7. The number of oxazole rings is 1. The quantitative estimate of drug-likeness (QED) is 0.0632. The summed E-state index contributed by atoms with van der Waals surface area (Å²) in [5, 5.41) is 29.2. The Hall–Kier alpha value is -5.73. The number of phenols is 1. The van der Waals surface area contributed by atoms with E-state index in [2.05, 4.69) is 70.3 Å². The Morgan fingerprint density at radius 3 is 2.38 bits per heavy atom. The lowest BCUT2D eigenvalue weighted by Gasteiger charge is -2.39. The van der Waals surface area contributed by atoms with Crippen molar-refractivity contribution < 1.29 is 23.9 Å². The molecule has 6 aromatic rings. The van der Waals surface area contributed by atoms with E-state index in [0.29, 0.717) is 54.4 Å². The van der Waals surface area contributed by atoms with Crippen LogP contribution >= 0.6 is 0 Å². The number of anilines is 1. The fourth-order valence-electron chi connectivity index (χ4n) is 8.75. The second kappa shape index (κ2) is 19.4. The van der Waals surface area contributed by atoms with E-state index in [9.17, 15) is 24.6 Å². The maximum Gasteiger partial charge on any atom is 0.419 e. The van der Waals surface area contributed by atoms with Crippen LogP contribution in [-0.2, 0) is 17.5 Å². The molecule has 1 fully saturated rings. The number of benzene rings is 4. The highest BCUT2D eigenvalue weighted by atomic mass is 28.4. The number of H-pyrrole nitrogens is 1. The van der Waals surface area contributed by atoms with Gasteiger partial charge in [-0.2, -0.15) is 0 Å². The number of pyridine rings is 1. The van der Waals surface area contributed by atoms with Gasteiger partial charge in [-0.3, -0.25) is 14.3 Å². The van der Waals surface area contributed by atoms with Gasteiger partial charge in [-0.15, -0.1) is 0 Å². The standard InChI is InChI=1S/C52H65N5O7Si/c1-51(2,3)55-37-19-21-38(22-20-37)57(49(60)61)43-30-34(17-23-39(43)36-15-10-9-11-16-36)14-12-13-29-56-42-26-18-35(31-45(42)63-50(56)62)32-53-33-46(64-65(7,8)52(4,5)6)40-24-27-44(58)48-41(40)25-28-47(59)54-48/h9-12,14-18,23-28,30-31,37-38,46,53,55,58H,13,19-22,29,32-33H2,1-8H3,(H,54,59)(H,60,61)/t37-,38-,46-/m0/s1. The number of rotatable bonds is 15. The first kappa shape index (κ1) is 47.2. The summed E-state index contributed by atoms with van der Waals surface area (Å²) in [5.74, 6) is -0.430. The van der Waals surface area contributed by atoms with Crippen molar-refractivity contribution in [2.75, 3.05) is 11.4 Å². The molecule has 1 atom stereocenters. The highest BCUT2D eigenvalue weighted by Crippen LogP contribution is 2.41. The molecule has 1 aliphatic rings. The zero-order valence-electron chi connectivity index (χ0n) is 39.0. The normalized spacial score (nSPS) is 16.7. The number of phenolic OH excluding ortho intramolecular Hbond substituents is 1. The molecule has 1 aliphatic carbocycles. The fraction of sp³-hybridized carbons (Fsp3) is 0.404. The van der Waals surface area contributed by atoms with Crippen LogP contribution in [0.1, 0.15) is 96.4 Å². The lowest BCUT2D eigenvalue weighted by atomic mass is 9.88. The Morgan fingerprint density at radius 2 is 1.69 bits per heavy atom. The van der Waals surface area contributed by atoms with E-state index < -0.39 is 20.2 Å². The van der Waals surface area contributed by atoms with Crippen molar-refractivity contribution in [3.05, 3.63) is 135 Å². The average molecular weight is 900 g/mol. The van der Waals surface area contributed by atoms with Gasteiger partial charge in [-0.1, -0.05) is 87.5 Å². The minimum Gasteiger partial charge on any atom is -0.506 e. The summed E-state index contributed by atoms with van der Waals surface area (Å²) in [6.07, 6.45) is 6.59. The Labute approximate surface area is 382 Å². The zero-order valence-corrected chi connectivity index (χ0v) is 40.0. The number of aromatic nitrogens is 2. The van der Waals surface area contributed by atoms with Crippen LogP contribution in [0.2, 0.25) is 18.1 Å². The van der Waals surface area contributed by atoms with Gasteiger partial charge in [0.15, 0.2) is 13.9 Å². The number of carboxylic acid groups (broad SMARTS) is 1. The molecule has 0 saturated heterocycles. The molecule has 1 amide bonds. The van der Waals surface area contributed by atoms with Gasteiger partial charge >= 0.3 is 11.8 Å². The highest BCUT2D eigenvalue weighted by Gasteiger charge is 2.40. The number of amides is 1. The first-order chi connectivity index (χ1) is 30.8. The van der Waals surface area contributed by atoms with Crippen LogP contribution in [0.25, 0.3) is 39.2 Å². The van der Waals surface area contributed by atoms with Crippen LogP contribution in [0.5, 0.6) is 5.75 Å². The minimum absolute atomic E-state index is 0.00234. The van der Waals surface area contributed by atoms with Crippen molar-refractivity contribution >= 4 is 48.2 Å². The summed E-state index contributed by atoms with van der Waals surface area (Å²) >= 11 is 0. The van der Waals surface area contributed by atoms with E-state index in [1.807, 2.05) is 84.9 Å². The summed E-state index contributed by atoms with van der Waals surface area (Å²) in [7, 11) is -2.26. The summed E-state index contributed by atoms with van der Waals surface area (Å²) in [6, 6.07) is 28.6. The van der Waals surface area contributed by atoms with Crippen molar-refractivity contribution in [3.8, 4) is 16.9 Å². The predicted molar refractivity (Wildman–Crippen MR) is 264 cm³/mol. The lowest BCUT2D eigenvalue weighted by molar-refractivity contribution is 0.181. The van der Waals surface area contributed by atoms with Crippen LogP contribution in [0.4, 0.5) is 10.5 Å². The number of fused-ring (bicyclic) bond motifs is 2. The molecule has 65 heavy (non-hydrogen) atoms. The number of hydrogen-bond donors (Lipinski definition) is 5. The van der Waals surface area contributed by atoms with Crippen LogP contribution in [0, 0.1) is 0 Å². The van der Waals surface area contributed by atoms with E-state index in [0.717, 1.165) is 58.9 Å². The number of allylic oxidation sites excluding steroid dienone is 1. The molecule has 12 nitrogen and oxygen atoms in total. The molecule has 2 aromatic heterocycles. The van der Waals surface area contributed by atoms with E-state index in [1.54, 1.807) is 21.6 Å². The Balaban J connectivity index is 1.04. The molecule has 0 radical (unpaired) electrons. The number of aromatic hydroxyl groups is 1. The molecule has 0 aliphatic heterocycles. The molecule has 0 bridgehead atoms. The van der Waals surface area contributed by atoms with Crippen molar-refractivity contribution in [1.29, 1.82) is 0 Å². The van der Waals surface area contributed by atoms with Crippen molar-refractivity contribution in [2.45, 2.75) is 129 Å². The molecule has 0 spiro atoms. The number of nitrogens with one attached hydrogen (secondary N) is 3. The molecule has 5 N–H and O–H groups in total. The average Bonchev–Trinajstić information content (AvgIpc) is 3.56. The van der Waals surface area contributed by atoms with Crippen LogP contribution < -0.4 is 26.8 Å². The Kier molecular flexibility index (Phi) is 14.1.